The number of nitrogens with two attached hydrogens (primary N) is 1. The third-order valence-electron chi connectivity index (χ3n) is 3.52. The number of carbonyl (C=O) groups is 1. The van der Waals surface area contributed by atoms with Crippen molar-refractivity contribution in [1.29, 1.82) is 0 Å². The van der Waals surface area contributed by atoms with Crippen molar-refractivity contribution >= 4 is 23.1 Å². The summed E-state index contributed by atoms with van der Waals surface area (Å²) in [7, 11) is 0. The highest BCUT2D eigenvalue weighted by atomic mass is 32.1. The summed E-state index contributed by atoms with van der Waals surface area (Å²) in [4.78, 5) is 12.3. The molecule has 0 spiro atoms. The Morgan fingerprint density at radius 2 is 2.29 bits per heavy atom. The first-order valence-electron chi connectivity index (χ1n) is 6.20. The zero-order chi connectivity index (χ0) is 12.9. The lowest BCUT2D eigenvalue weighted by molar-refractivity contribution is -0.127. The normalized spacial score (nSPS) is 23.8. The zero-order valence-electron chi connectivity index (χ0n) is 10.6. The molecule has 0 aliphatic carbocycles. The minimum Gasteiger partial charge on any atom is -0.392 e. The van der Waals surface area contributed by atoms with Crippen molar-refractivity contribution in [3.05, 3.63) is 0 Å². The van der Waals surface area contributed by atoms with Gasteiger partial charge in [-0.05, 0) is 32.6 Å². The molecule has 5 heteroatoms. The van der Waals surface area contributed by atoms with Crippen molar-refractivity contribution in [2.45, 2.75) is 45.6 Å². The maximum Gasteiger partial charge on any atom is 0.232 e. The number of amides is 1. The van der Waals surface area contributed by atoms with Crippen molar-refractivity contribution in [3.63, 3.8) is 0 Å². The Hall–Kier alpha value is -0.680. The zero-order valence-corrected chi connectivity index (χ0v) is 11.4. The number of hydrogen-bond donors (Lipinski definition) is 2. The van der Waals surface area contributed by atoms with Crippen molar-refractivity contribution in [2.75, 3.05) is 13.2 Å². The molecule has 1 rings (SSSR count). The van der Waals surface area contributed by atoms with E-state index in [0.717, 1.165) is 19.4 Å². The van der Waals surface area contributed by atoms with E-state index >= 15 is 0 Å². The fourth-order valence-corrected chi connectivity index (χ4v) is 2.05. The van der Waals surface area contributed by atoms with Crippen LogP contribution < -0.4 is 11.1 Å². The molecule has 3 N–H and O–H groups in total. The Morgan fingerprint density at radius 3 is 2.76 bits per heavy atom. The third kappa shape index (κ3) is 3.64. The summed E-state index contributed by atoms with van der Waals surface area (Å²) in [6.07, 6.45) is 4.04. The molecule has 1 saturated heterocycles. The number of ether oxygens (including phenoxy) is 1. The van der Waals surface area contributed by atoms with Crippen molar-refractivity contribution < 1.29 is 9.53 Å². The quantitative estimate of drug-likeness (QED) is 0.731. The Morgan fingerprint density at radius 1 is 1.59 bits per heavy atom. The maximum atomic E-state index is 12.0. The summed E-state index contributed by atoms with van der Waals surface area (Å²) >= 11 is 4.96. The summed E-state index contributed by atoms with van der Waals surface area (Å²) in [6.45, 7) is 5.04. The van der Waals surface area contributed by atoms with Gasteiger partial charge in [0, 0.05) is 13.2 Å². The van der Waals surface area contributed by atoms with Gasteiger partial charge < -0.3 is 15.8 Å². The molecular formula is C12H22N2O2S. The van der Waals surface area contributed by atoms with Crippen LogP contribution in [0.2, 0.25) is 0 Å². The summed E-state index contributed by atoms with van der Waals surface area (Å²) in [5.41, 5.74) is 4.88. The summed E-state index contributed by atoms with van der Waals surface area (Å²) in [5.74, 6) is -0.0957. The second kappa shape index (κ2) is 6.31. The van der Waals surface area contributed by atoms with Gasteiger partial charge in [-0.3, -0.25) is 4.79 Å². The van der Waals surface area contributed by atoms with Gasteiger partial charge in [0.1, 0.15) is 0 Å². The van der Waals surface area contributed by atoms with Crippen molar-refractivity contribution in [1.82, 2.24) is 5.32 Å². The molecule has 1 aliphatic rings. The van der Waals surface area contributed by atoms with Crippen LogP contribution in [0.1, 0.15) is 39.5 Å². The van der Waals surface area contributed by atoms with E-state index in [1.807, 2.05) is 6.92 Å². The molecule has 2 atom stereocenters. The number of rotatable bonds is 5. The molecule has 0 aromatic heterocycles. The molecule has 98 valence electrons. The van der Waals surface area contributed by atoms with Crippen LogP contribution in [0, 0.1) is 5.41 Å². The molecule has 1 aliphatic heterocycles. The van der Waals surface area contributed by atoms with Crippen LogP contribution in [0.25, 0.3) is 0 Å². The van der Waals surface area contributed by atoms with E-state index in [1.54, 1.807) is 6.92 Å². The smallest absolute Gasteiger partial charge is 0.232 e. The molecule has 0 radical (unpaired) electrons. The van der Waals surface area contributed by atoms with Crippen molar-refractivity contribution in [2.24, 2.45) is 11.1 Å². The molecule has 4 nitrogen and oxygen atoms in total. The highest BCUT2D eigenvalue weighted by Crippen LogP contribution is 2.22. The number of carbonyl (C=O) groups excluding carboxylic acids is 1. The molecule has 1 amide bonds. The topological polar surface area (TPSA) is 64.3 Å². The highest BCUT2D eigenvalue weighted by molar-refractivity contribution is 7.80. The van der Waals surface area contributed by atoms with E-state index in [4.69, 9.17) is 22.7 Å². The van der Waals surface area contributed by atoms with Gasteiger partial charge in [-0.15, -0.1) is 0 Å². The Balaban J connectivity index is 2.44. The van der Waals surface area contributed by atoms with Gasteiger partial charge in [0.05, 0.1) is 16.5 Å². The molecule has 1 fully saturated rings. The second-order valence-electron chi connectivity index (χ2n) is 4.75. The summed E-state index contributed by atoms with van der Waals surface area (Å²) < 4.78 is 5.56. The fraction of sp³-hybridized carbons (Fsp3) is 0.833. The number of thiocarbonyl (C=S) groups is 1. The molecule has 0 aromatic carbocycles. The van der Waals surface area contributed by atoms with Gasteiger partial charge in [-0.1, -0.05) is 19.1 Å². The Bertz CT molecular complexity index is 290. The summed E-state index contributed by atoms with van der Waals surface area (Å²) in [5, 5.41) is 2.89. The Labute approximate surface area is 108 Å². The Kier molecular flexibility index (Phi) is 5.33. The lowest BCUT2D eigenvalue weighted by Crippen LogP contribution is -2.48. The number of nitrogens with one attached hydrogen (secondary N) is 1. The van der Waals surface area contributed by atoms with E-state index in [0.29, 0.717) is 13.0 Å². The van der Waals surface area contributed by atoms with Crippen molar-refractivity contribution in [3.8, 4) is 0 Å². The average Bonchev–Trinajstić information content (AvgIpc) is 2.35. The average molecular weight is 258 g/mol. The van der Waals surface area contributed by atoms with Crippen LogP contribution in [0.15, 0.2) is 0 Å². The van der Waals surface area contributed by atoms with Gasteiger partial charge in [-0.25, -0.2) is 0 Å². The van der Waals surface area contributed by atoms with Gasteiger partial charge in [0.15, 0.2) is 0 Å². The van der Waals surface area contributed by atoms with E-state index in [1.165, 1.54) is 6.42 Å². The molecule has 0 bridgehead atoms. The standard InChI is InChI=1S/C12H22N2O2S/c1-3-12(2,10(13)17)11(15)14-8-9-6-4-5-7-16-9/h9H,3-8H2,1-2H3,(H2,13,17)(H,14,15). The summed E-state index contributed by atoms with van der Waals surface area (Å²) in [6, 6.07) is 0. The van der Waals surface area contributed by atoms with Crippen LogP contribution in [0.5, 0.6) is 0 Å². The minimum atomic E-state index is -0.746. The largest absolute Gasteiger partial charge is 0.392 e. The van der Waals surface area contributed by atoms with Gasteiger partial charge in [0.2, 0.25) is 5.91 Å². The van der Waals surface area contributed by atoms with Crippen LogP contribution >= 0.6 is 12.2 Å². The predicted octanol–water partition coefficient (Wildman–Crippen LogP) is 1.37. The predicted molar refractivity (Wildman–Crippen MR) is 71.8 cm³/mol. The first-order valence-corrected chi connectivity index (χ1v) is 6.61. The molecule has 0 saturated carbocycles. The minimum absolute atomic E-state index is 0.0957. The van der Waals surface area contributed by atoms with Crippen LogP contribution in [0.4, 0.5) is 0 Å². The first kappa shape index (κ1) is 14.4. The third-order valence-corrected chi connectivity index (χ3v) is 3.97. The maximum absolute atomic E-state index is 12.0. The van der Waals surface area contributed by atoms with Gasteiger partial charge >= 0.3 is 0 Å². The van der Waals surface area contributed by atoms with Crippen LogP contribution in [0.3, 0.4) is 0 Å². The first-order chi connectivity index (χ1) is 8.00. The molecule has 1 heterocycles. The lowest BCUT2D eigenvalue weighted by atomic mass is 9.86. The lowest BCUT2D eigenvalue weighted by Gasteiger charge is -2.28. The molecule has 2 unspecified atom stereocenters. The molecule has 0 aromatic rings. The molecular weight excluding hydrogens is 236 g/mol. The monoisotopic (exact) mass is 258 g/mol. The van der Waals surface area contributed by atoms with Crippen LogP contribution in [-0.2, 0) is 9.53 Å². The van der Waals surface area contributed by atoms with Gasteiger partial charge in [0.25, 0.3) is 0 Å². The second-order valence-corrected chi connectivity index (χ2v) is 5.19. The SMILES string of the molecule is CCC(C)(C(=O)NCC1CCCCO1)C(N)=S. The van der Waals surface area contributed by atoms with E-state index < -0.39 is 5.41 Å². The van der Waals surface area contributed by atoms with E-state index in [9.17, 15) is 4.79 Å². The number of hydrogen-bond acceptors (Lipinski definition) is 3. The fourth-order valence-electron chi connectivity index (χ4n) is 1.82. The molecule has 17 heavy (non-hydrogen) atoms. The van der Waals surface area contributed by atoms with Crippen LogP contribution in [-0.4, -0.2) is 30.2 Å². The highest BCUT2D eigenvalue weighted by Gasteiger charge is 2.34. The van der Waals surface area contributed by atoms with E-state index in [2.05, 4.69) is 5.32 Å². The van der Waals surface area contributed by atoms with Gasteiger partial charge in [-0.2, -0.15) is 0 Å². The van der Waals surface area contributed by atoms with E-state index in [-0.39, 0.29) is 17.0 Å².